The zero-order chi connectivity index (χ0) is 9.40. The van der Waals surface area contributed by atoms with Gasteiger partial charge in [0.15, 0.2) is 0 Å². The van der Waals surface area contributed by atoms with Crippen molar-refractivity contribution < 1.29 is 0 Å². The average Bonchev–Trinajstić information content (AvgIpc) is 2.01. The fraction of sp³-hybridized carbons (Fsp3) is 0.800. The van der Waals surface area contributed by atoms with Gasteiger partial charge in [-0.2, -0.15) is 0 Å². The van der Waals surface area contributed by atoms with Crippen LogP contribution in [0.3, 0.4) is 0 Å². The summed E-state index contributed by atoms with van der Waals surface area (Å²) in [7, 11) is 2.14. The van der Waals surface area contributed by atoms with Gasteiger partial charge in [-0.3, -0.25) is 0 Å². The van der Waals surface area contributed by atoms with E-state index < -0.39 is 0 Å². The fourth-order valence-corrected chi connectivity index (χ4v) is 1.14. The van der Waals surface area contributed by atoms with Crippen molar-refractivity contribution in [2.75, 3.05) is 26.7 Å². The van der Waals surface area contributed by atoms with Gasteiger partial charge in [0.05, 0.1) is 0 Å². The maximum atomic E-state index is 3.94. The molecule has 0 saturated carbocycles. The number of unbranched alkanes of at least 4 members (excludes halogenated alkanes) is 1. The first kappa shape index (κ1) is 11.5. The second-order valence-electron chi connectivity index (χ2n) is 3.23. The fourth-order valence-electron chi connectivity index (χ4n) is 1.14. The summed E-state index contributed by atoms with van der Waals surface area (Å²) in [4.78, 5) is 2.30. The highest BCUT2D eigenvalue weighted by atomic mass is 15.1. The van der Waals surface area contributed by atoms with Crippen LogP contribution in [0.15, 0.2) is 12.3 Å². The van der Waals surface area contributed by atoms with Crippen molar-refractivity contribution >= 4 is 0 Å². The zero-order valence-electron chi connectivity index (χ0n) is 8.69. The van der Waals surface area contributed by atoms with E-state index in [4.69, 9.17) is 0 Å². The number of rotatable bonds is 7. The van der Waals surface area contributed by atoms with Crippen LogP contribution >= 0.6 is 0 Å². The molecule has 0 heterocycles. The molecule has 0 aromatic carbocycles. The molecule has 0 saturated heterocycles. The molecule has 0 amide bonds. The molecule has 0 aliphatic rings. The molecule has 0 aromatic rings. The minimum Gasteiger partial charge on any atom is -0.388 e. The van der Waals surface area contributed by atoms with E-state index in [2.05, 4.69) is 37.7 Å². The molecule has 0 radical (unpaired) electrons. The molecule has 0 fully saturated rings. The topological polar surface area (TPSA) is 15.3 Å². The lowest BCUT2D eigenvalue weighted by atomic mass is 10.3. The smallest absolute Gasteiger partial charge is 0.0372 e. The molecule has 0 aliphatic heterocycles. The van der Waals surface area contributed by atoms with E-state index >= 15 is 0 Å². The minimum atomic E-state index is 0.966. The minimum absolute atomic E-state index is 0.966. The lowest BCUT2D eigenvalue weighted by Crippen LogP contribution is -2.27. The van der Waals surface area contributed by atoms with Crippen LogP contribution in [0.4, 0.5) is 0 Å². The summed E-state index contributed by atoms with van der Waals surface area (Å²) in [6.45, 7) is 11.4. The summed E-state index contributed by atoms with van der Waals surface area (Å²) >= 11 is 0. The normalized spacial score (nSPS) is 10.3. The van der Waals surface area contributed by atoms with Crippen LogP contribution in [0.25, 0.3) is 0 Å². The molecular formula is C10H22N2. The van der Waals surface area contributed by atoms with Crippen LogP contribution < -0.4 is 5.32 Å². The van der Waals surface area contributed by atoms with Crippen LogP contribution in [0.1, 0.15) is 26.7 Å². The Hall–Kier alpha value is -0.500. The molecule has 0 aromatic heterocycles. The molecule has 12 heavy (non-hydrogen) atoms. The van der Waals surface area contributed by atoms with Gasteiger partial charge in [0, 0.05) is 18.8 Å². The van der Waals surface area contributed by atoms with Crippen LogP contribution in [0.5, 0.6) is 0 Å². The maximum absolute atomic E-state index is 3.94. The number of likely N-dealkylation sites (N-methyl/N-ethyl adjacent to an activating group) is 2. The lowest BCUT2D eigenvalue weighted by molar-refractivity contribution is 0.348. The zero-order valence-corrected chi connectivity index (χ0v) is 8.69. The van der Waals surface area contributed by atoms with Crippen molar-refractivity contribution in [2.24, 2.45) is 0 Å². The first-order chi connectivity index (χ1) is 5.70. The summed E-state index contributed by atoms with van der Waals surface area (Å²) in [5.41, 5.74) is 1.12. The Labute approximate surface area is 76.6 Å². The van der Waals surface area contributed by atoms with Gasteiger partial charge < -0.3 is 10.2 Å². The van der Waals surface area contributed by atoms with E-state index in [1.54, 1.807) is 0 Å². The molecule has 0 atom stereocenters. The van der Waals surface area contributed by atoms with Crippen molar-refractivity contribution in [1.82, 2.24) is 10.2 Å². The van der Waals surface area contributed by atoms with Crippen molar-refractivity contribution in [3.05, 3.63) is 12.3 Å². The molecule has 0 bridgehead atoms. The van der Waals surface area contributed by atoms with E-state index in [0.29, 0.717) is 0 Å². The third-order valence-corrected chi connectivity index (χ3v) is 1.78. The van der Waals surface area contributed by atoms with Crippen LogP contribution in [0, 0.1) is 0 Å². The highest BCUT2D eigenvalue weighted by Crippen LogP contribution is 1.94. The second-order valence-corrected chi connectivity index (χ2v) is 3.23. The van der Waals surface area contributed by atoms with Crippen molar-refractivity contribution in [2.45, 2.75) is 26.7 Å². The molecule has 2 nitrogen and oxygen atoms in total. The third kappa shape index (κ3) is 6.23. The molecule has 0 spiro atoms. The summed E-state index contributed by atoms with van der Waals surface area (Å²) in [6, 6.07) is 0. The number of hydrogen-bond acceptors (Lipinski definition) is 2. The average molecular weight is 170 g/mol. The Balaban J connectivity index is 3.40. The van der Waals surface area contributed by atoms with Gasteiger partial charge in [-0.05, 0) is 26.9 Å². The van der Waals surface area contributed by atoms with Gasteiger partial charge in [-0.1, -0.05) is 19.9 Å². The highest BCUT2D eigenvalue weighted by Gasteiger charge is 1.98. The summed E-state index contributed by atoms with van der Waals surface area (Å²) in [5, 5.41) is 3.22. The monoisotopic (exact) mass is 170 g/mol. The Kier molecular flexibility index (Phi) is 6.87. The number of nitrogens with one attached hydrogen (secondary N) is 1. The van der Waals surface area contributed by atoms with Gasteiger partial charge >= 0.3 is 0 Å². The molecule has 0 rings (SSSR count). The van der Waals surface area contributed by atoms with E-state index in [0.717, 1.165) is 18.8 Å². The van der Waals surface area contributed by atoms with Crippen molar-refractivity contribution in [1.29, 1.82) is 0 Å². The highest BCUT2D eigenvalue weighted by molar-refractivity contribution is 4.93. The van der Waals surface area contributed by atoms with Crippen LogP contribution in [0.2, 0.25) is 0 Å². The molecule has 72 valence electrons. The van der Waals surface area contributed by atoms with E-state index in [-0.39, 0.29) is 0 Å². The van der Waals surface area contributed by atoms with Gasteiger partial charge in [-0.15, -0.1) is 0 Å². The predicted octanol–water partition coefficient (Wildman–Crippen LogP) is 1.84. The predicted molar refractivity (Wildman–Crippen MR) is 55.2 cm³/mol. The van der Waals surface area contributed by atoms with E-state index in [1.807, 2.05) is 0 Å². The quantitative estimate of drug-likeness (QED) is 0.627. The Morgan fingerprint density at radius 2 is 2.08 bits per heavy atom. The molecule has 0 aliphatic carbocycles. The Bertz CT molecular complexity index is 121. The number of nitrogens with zero attached hydrogens (tertiary/aromatic N) is 1. The van der Waals surface area contributed by atoms with Crippen molar-refractivity contribution in [3.8, 4) is 0 Å². The van der Waals surface area contributed by atoms with Crippen molar-refractivity contribution in [3.63, 3.8) is 0 Å². The van der Waals surface area contributed by atoms with Gasteiger partial charge in [0.2, 0.25) is 0 Å². The SMILES string of the molecule is C=C(CN(C)CCCC)NCC. The van der Waals surface area contributed by atoms with E-state index in [1.165, 1.54) is 19.4 Å². The summed E-state index contributed by atoms with van der Waals surface area (Å²) in [6.07, 6.45) is 2.54. The van der Waals surface area contributed by atoms with Gasteiger partial charge in [-0.25, -0.2) is 0 Å². The maximum Gasteiger partial charge on any atom is 0.0372 e. The standard InChI is InChI=1S/C10H22N2/c1-5-7-8-12(4)9-10(3)11-6-2/h11H,3,5-9H2,1-2,4H3. The molecular weight excluding hydrogens is 148 g/mol. The summed E-state index contributed by atoms with van der Waals surface area (Å²) < 4.78 is 0. The second kappa shape index (κ2) is 7.17. The Morgan fingerprint density at radius 3 is 2.58 bits per heavy atom. The first-order valence-corrected chi connectivity index (χ1v) is 4.80. The van der Waals surface area contributed by atoms with Gasteiger partial charge in [0.25, 0.3) is 0 Å². The summed E-state index contributed by atoms with van der Waals surface area (Å²) in [5.74, 6) is 0. The lowest BCUT2D eigenvalue weighted by Gasteiger charge is -2.17. The first-order valence-electron chi connectivity index (χ1n) is 4.80. The largest absolute Gasteiger partial charge is 0.388 e. The van der Waals surface area contributed by atoms with Crippen LogP contribution in [-0.4, -0.2) is 31.6 Å². The van der Waals surface area contributed by atoms with Gasteiger partial charge in [0.1, 0.15) is 0 Å². The van der Waals surface area contributed by atoms with Crippen LogP contribution in [-0.2, 0) is 0 Å². The molecule has 0 unspecified atom stereocenters. The third-order valence-electron chi connectivity index (χ3n) is 1.78. The number of hydrogen-bond donors (Lipinski definition) is 1. The Morgan fingerprint density at radius 1 is 1.42 bits per heavy atom. The van der Waals surface area contributed by atoms with E-state index in [9.17, 15) is 0 Å². The molecule has 1 N–H and O–H groups in total. The molecule has 2 heteroatoms.